The second kappa shape index (κ2) is 6.97. The van der Waals surface area contributed by atoms with Crippen molar-refractivity contribution >= 4 is 11.8 Å². The van der Waals surface area contributed by atoms with Crippen LogP contribution < -0.4 is 5.32 Å². The Morgan fingerprint density at radius 3 is 2.90 bits per heavy atom. The summed E-state index contributed by atoms with van der Waals surface area (Å²) in [5.41, 5.74) is 2.66. The third-order valence-electron chi connectivity index (χ3n) is 4.25. The summed E-state index contributed by atoms with van der Waals surface area (Å²) in [5, 5.41) is 13.9. The topological polar surface area (TPSA) is 32.3 Å². The highest BCUT2D eigenvalue weighted by molar-refractivity contribution is 8.00. The molecule has 1 aliphatic rings. The second-order valence-corrected chi connectivity index (χ2v) is 7.46. The molecule has 1 saturated carbocycles. The van der Waals surface area contributed by atoms with Gasteiger partial charge < -0.3 is 10.4 Å². The van der Waals surface area contributed by atoms with Crippen LogP contribution in [0.2, 0.25) is 0 Å². The minimum Gasteiger partial charge on any atom is -0.394 e. The number of hydrogen-bond acceptors (Lipinski definition) is 3. The fourth-order valence-corrected chi connectivity index (χ4v) is 4.45. The Bertz CT molecular complexity index is 449. The SMILES string of the molecule is CCCNC1(CO)CCC(Sc2cc(C)ccc2C)C1. The maximum atomic E-state index is 9.75. The molecule has 0 bridgehead atoms. The number of thioether (sulfide) groups is 1. The van der Waals surface area contributed by atoms with Crippen molar-refractivity contribution in [2.24, 2.45) is 0 Å². The first-order chi connectivity index (χ1) is 9.58. The van der Waals surface area contributed by atoms with E-state index in [1.165, 1.54) is 22.4 Å². The zero-order valence-electron chi connectivity index (χ0n) is 12.9. The number of nitrogens with one attached hydrogen (secondary N) is 1. The zero-order valence-corrected chi connectivity index (χ0v) is 13.7. The third kappa shape index (κ3) is 3.78. The molecule has 112 valence electrons. The van der Waals surface area contributed by atoms with E-state index < -0.39 is 0 Å². The summed E-state index contributed by atoms with van der Waals surface area (Å²) in [6.45, 7) is 7.78. The predicted molar refractivity (Wildman–Crippen MR) is 87.5 cm³/mol. The number of aliphatic hydroxyl groups excluding tert-OH is 1. The maximum Gasteiger partial charge on any atom is 0.0613 e. The summed E-state index contributed by atoms with van der Waals surface area (Å²) in [5.74, 6) is 0. The van der Waals surface area contributed by atoms with Gasteiger partial charge in [-0.15, -0.1) is 11.8 Å². The minimum atomic E-state index is -0.0363. The van der Waals surface area contributed by atoms with Gasteiger partial charge in [-0.2, -0.15) is 0 Å². The molecule has 0 spiro atoms. The molecule has 0 aliphatic heterocycles. The molecule has 20 heavy (non-hydrogen) atoms. The van der Waals surface area contributed by atoms with Crippen LogP contribution in [0, 0.1) is 13.8 Å². The number of aryl methyl sites for hydroxylation is 2. The number of hydrogen-bond donors (Lipinski definition) is 2. The number of rotatable bonds is 6. The largest absolute Gasteiger partial charge is 0.394 e. The molecule has 2 unspecified atom stereocenters. The summed E-state index contributed by atoms with van der Waals surface area (Å²) in [7, 11) is 0. The molecule has 1 fully saturated rings. The Labute approximate surface area is 127 Å². The molecular weight excluding hydrogens is 266 g/mol. The average molecular weight is 293 g/mol. The minimum absolute atomic E-state index is 0.0363. The van der Waals surface area contributed by atoms with E-state index in [1.54, 1.807) is 0 Å². The first kappa shape index (κ1) is 15.9. The van der Waals surface area contributed by atoms with Crippen molar-refractivity contribution in [1.29, 1.82) is 0 Å². The van der Waals surface area contributed by atoms with Gasteiger partial charge >= 0.3 is 0 Å². The lowest BCUT2D eigenvalue weighted by molar-refractivity contribution is 0.165. The monoisotopic (exact) mass is 293 g/mol. The van der Waals surface area contributed by atoms with E-state index in [0.29, 0.717) is 5.25 Å². The van der Waals surface area contributed by atoms with Crippen molar-refractivity contribution in [2.45, 2.75) is 62.1 Å². The number of aliphatic hydroxyl groups is 1. The van der Waals surface area contributed by atoms with Crippen LogP contribution >= 0.6 is 11.8 Å². The van der Waals surface area contributed by atoms with E-state index in [0.717, 1.165) is 25.8 Å². The number of benzene rings is 1. The smallest absolute Gasteiger partial charge is 0.0613 e. The standard InChI is InChI=1S/C17H27NOS/c1-4-9-18-17(12-19)8-7-15(11-17)20-16-10-13(2)5-6-14(16)3/h5-6,10,15,18-19H,4,7-9,11-12H2,1-3H3. The van der Waals surface area contributed by atoms with E-state index >= 15 is 0 Å². The first-order valence-corrected chi connectivity index (χ1v) is 8.56. The molecule has 0 saturated heterocycles. The lowest BCUT2D eigenvalue weighted by atomic mass is 9.99. The maximum absolute atomic E-state index is 9.75. The predicted octanol–water partition coefficient (Wildman–Crippen LogP) is 3.68. The summed E-state index contributed by atoms with van der Waals surface area (Å²) >= 11 is 1.99. The highest BCUT2D eigenvalue weighted by Gasteiger charge is 2.38. The van der Waals surface area contributed by atoms with Crippen LogP contribution in [-0.2, 0) is 0 Å². The summed E-state index contributed by atoms with van der Waals surface area (Å²) < 4.78 is 0. The molecule has 2 atom stereocenters. The molecule has 3 heteroatoms. The van der Waals surface area contributed by atoms with Crippen molar-refractivity contribution in [3.63, 3.8) is 0 Å². The van der Waals surface area contributed by atoms with Crippen molar-refractivity contribution in [3.05, 3.63) is 29.3 Å². The van der Waals surface area contributed by atoms with Gasteiger partial charge in [0.1, 0.15) is 0 Å². The average Bonchev–Trinajstić information content (AvgIpc) is 2.85. The molecule has 2 nitrogen and oxygen atoms in total. The van der Waals surface area contributed by atoms with E-state index in [2.05, 4.69) is 44.3 Å². The molecule has 1 aliphatic carbocycles. The lowest BCUT2D eigenvalue weighted by Crippen LogP contribution is -2.46. The van der Waals surface area contributed by atoms with Gasteiger partial charge in [0.15, 0.2) is 0 Å². The summed E-state index contributed by atoms with van der Waals surface area (Å²) in [6, 6.07) is 6.68. The van der Waals surface area contributed by atoms with Gasteiger partial charge in [-0.3, -0.25) is 0 Å². The Balaban J connectivity index is 2.00. The van der Waals surface area contributed by atoms with Crippen LogP contribution in [0.25, 0.3) is 0 Å². The molecule has 0 heterocycles. The van der Waals surface area contributed by atoms with Crippen LogP contribution in [0.1, 0.15) is 43.7 Å². The van der Waals surface area contributed by atoms with Crippen LogP contribution in [0.5, 0.6) is 0 Å². The summed E-state index contributed by atoms with van der Waals surface area (Å²) in [4.78, 5) is 1.40. The van der Waals surface area contributed by atoms with E-state index in [1.807, 2.05) is 11.8 Å². The molecule has 2 N–H and O–H groups in total. The highest BCUT2D eigenvalue weighted by atomic mass is 32.2. The lowest BCUT2D eigenvalue weighted by Gasteiger charge is -2.28. The van der Waals surface area contributed by atoms with Gasteiger partial charge in [0.25, 0.3) is 0 Å². The first-order valence-electron chi connectivity index (χ1n) is 7.68. The quantitative estimate of drug-likeness (QED) is 0.839. The van der Waals surface area contributed by atoms with Gasteiger partial charge in [-0.05, 0) is 57.7 Å². The molecule has 2 rings (SSSR count). The van der Waals surface area contributed by atoms with Crippen molar-refractivity contribution < 1.29 is 5.11 Å². The van der Waals surface area contributed by atoms with Crippen molar-refractivity contribution in [1.82, 2.24) is 5.32 Å². The Hall–Kier alpha value is -0.510. The second-order valence-electron chi connectivity index (χ2n) is 6.12. The van der Waals surface area contributed by atoms with E-state index in [4.69, 9.17) is 0 Å². The fourth-order valence-electron chi connectivity index (χ4n) is 2.94. The van der Waals surface area contributed by atoms with Crippen LogP contribution in [0.15, 0.2) is 23.1 Å². The fraction of sp³-hybridized carbons (Fsp3) is 0.647. The van der Waals surface area contributed by atoms with Crippen molar-refractivity contribution in [2.75, 3.05) is 13.2 Å². The van der Waals surface area contributed by atoms with Gasteiger partial charge in [-0.1, -0.05) is 24.6 Å². The summed E-state index contributed by atoms with van der Waals surface area (Å²) in [6.07, 6.45) is 4.47. The molecular formula is C17H27NOS. The van der Waals surface area contributed by atoms with Gasteiger partial charge in [0.05, 0.1) is 6.61 Å². The zero-order chi connectivity index (χ0) is 14.6. The highest BCUT2D eigenvalue weighted by Crippen LogP contribution is 2.41. The van der Waals surface area contributed by atoms with Gasteiger partial charge in [0.2, 0.25) is 0 Å². The Morgan fingerprint density at radius 1 is 1.40 bits per heavy atom. The Kier molecular flexibility index (Phi) is 5.53. The van der Waals surface area contributed by atoms with Crippen molar-refractivity contribution in [3.8, 4) is 0 Å². The molecule has 1 aromatic carbocycles. The van der Waals surface area contributed by atoms with Crippen LogP contribution in [0.3, 0.4) is 0 Å². The normalized spacial score (nSPS) is 26.1. The van der Waals surface area contributed by atoms with Gasteiger partial charge in [0, 0.05) is 15.7 Å². The molecule has 1 aromatic rings. The van der Waals surface area contributed by atoms with Crippen LogP contribution in [0.4, 0.5) is 0 Å². The van der Waals surface area contributed by atoms with Crippen LogP contribution in [-0.4, -0.2) is 29.0 Å². The Morgan fingerprint density at radius 2 is 2.20 bits per heavy atom. The third-order valence-corrected chi connectivity index (χ3v) is 5.68. The van der Waals surface area contributed by atoms with E-state index in [-0.39, 0.29) is 12.1 Å². The van der Waals surface area contributed by atoms with E-state index in [9.17, 15) is 5.11 Å². The molecule has 0 radical (unpaired) electrons. The molecule has 0 aromatic heterocycles. The van der Waals surface area contributed by atoms with Gasteiger partial charge in [-0.25, -0.2) is 0 Å². The molecule has 0 amide bonds.